The minimum absolute atomic E-state index is 0.644. The van der Waals surface area contributed by atoms with E-state index in [1.54, 1.807) is 0 Å². The average Bonchev–Trinajstić information content (AvgIpc) is 2.94. The third-order valence-corrected chi connectivity index (χ3v) is 4.24. The van der Waals surface area contributed by atoms with Crippen LogP contribution in [-0.2, 0) is 4.74 Å². The Hall–Kier alpha value is -0.650. The summed E-state index contributed by atoms with van der Waals surface area (Å²) < 4.78 is 6.50. The summed E-state index contributed by atoms with van der Waals surface area (Å²) in [4.78, 5) is 9.38. The molecule has 4 nitrogen and oxygen atoms in total. The van der Waals surface area contributed by atoms with Crippen LogP contribution in [0.15, 0.2) is 22.8 Å². The molecular weight excluding hydrogens is 294 g/mol. The quantitative estimate of drug-likeness (QED) is 0.832. The number of halogens is 1. The zero-order chi connectivity index (χ0) is 12.4. The normalized spacial score (nSPS) is 25.6. The van der Waals surface area contributed by atoms with Gasteiger partial charge < -0.3 is 9.64 Å². The second-order valence-electron chi connectivity index (χ2n) is 4.88. The highest BCUT2D eigenvalue weighted by Gasteiger charge is 2.26. The van der Waals surface area contributed by atoms with Crippen molar-refractivity contribution in [1.29, 1.82) is 0 Å². The first kappa shape index (κ1) is 12.4. The van der Waals surface area contributed by atoms with E-state index in [1.165, 1.54) is 6.42 Å². The van der Waals surface area contributed by atoms with E-state index >= 15 is 0 Å². The lowest BCUT2D eigenvalue weighted by molar-refractivity contribution is 0.139. The predicted octanol–water partition coefficient (Wildman–Crippen LogP) is 1.75. The van der Waals surface area contributed by atoms with Gasteiger partial charge in [-0.25, -0.2) is 4.98 Å². The predicted molar refractivity (Wildman–Crippen MR) is 74.9 cm³/mol. The fraction of sp³-hybridized carbons (Fsp3) is 0.615. The first-order valence-electron chi connectivity index (χ1n) is 6.51. The molecule has 98 valence electrons. The summed E-state index contributed by atoms with van der Waals surface area (Å²) in [5.74, 6) is 1.08. The Morgan fingerprint density at radius 3 is 2.67 bits per heavy atom. The molecule has 2 fully saturated rings. The first-order chi connectivity index (χ1) is 8.83. The molecule has 1 atom stereocenters. The topological polar surface area (TPSA) is 28.6 Å². The third-order valence-electron chi connectivity index (χ3n) is 3.77. The number of anilines is 1. The van der Waals surface area contributed by atoms with Crippen molar-refractivity contribution in [2.24, 2.45) is 0 Å². The summed E-state index contributed by atoms with van der Waals surface area (Å²) in [5.41, 5.74) is 0. The van der Waals surface area contributed by atoms with Gasteiger partial charge in [0.25, 0.3) is 0 Å². The van der Waals surface area contributed by atoms with E-state index in [9.17, 15) is 0 Å². The van der Waals surface area contributed by atoms with Gasteiger partial charge in [-0.05, 0) is 34.5 Å². The van der Waals surface area contributed by atoms with Crippen LogP contribution in [0.4, 0.5) is 5.82 Å². The summed E-state index contributed by atoms with van der Waals surface area (Å²) in [6.07, 6.45) is 3.06. The van der Waals surface area contributed by atoms with Gasteiger partial charge in [-0.1, -0.05) is 0 Å². The molecule has 5 heteroatoms. The maximum absolute atomic E-state index is 5.46. The Labute approximate surface area is 116 Å². The molecule has 1 aromatic heterocycles. The number of piperazine rings is 1. The van der Waals surface area contributed by atoms with E-state index < -0.39 is 0 Å². The van der Waals surface area contributed by atoms with E-state index in [4.69, 9.17) is 4.74 Å². The molecule has 3 heterocycles. The number of ether oxygens (including phenoxy) is 1. The van der Waals surface area contributed by atoms with Crippen LogP contribution in [0.25, 0.3) is 0 Å². The minimum atomic E-state index is 0.644. The van der Waals surface area contributed by atoms with Crippen molar-refractivity contribution in [2.45, 2.75) is 12.5 Å². The van der Waals surface area contributed by atoms with Gasteiger partial charge in [0.1, 0.15) is 5.82 Å². The van der Waals surface area contributed by atoms with Crippen molar-refractivity contribution in [3.8, 4) is 0 Å². The van der Waals surface area contributed by atoms with E-state index in [0.29, 0.717) is 6.04 Å². The third kappa shape index (κ3) is 2.68. The first-order valence-corrected chi connectivity index (χ1v) is 7.30. The molecule has 1 aromatic rings. The molecule has 0 saturated carbocycles. The molecule has 0 aromatic carbocycles. The van der Waals surface area contributed by atoms with Crippen LogP contribution < -0.4 is 4.90 Å². The van der Waals surface area contributed by atoms with Crippen molar-refractivity contribution >= 4 is 21.7 Å². The highest BCUT2D eigenvalue weighted by molar-refractivity contribution is 9.10. The second kappa shape index (κ2) is 5.55. The van der Waals surface area contributed by atoms with Gasteiger partial charge in [-0.3, -0.25) is 4.90 Å². The van der Waals surface area contributed by atoms with Crippen LogP contribution in [-0.4, -0.2) is 55.3 Å². The largest absolute Gasteiger partial charge is 0.380 e. The lowest BCUT2D eigenvalue weighted by Gasteiger charge is -2.38. The van der Waals surface area contributed by atoms with Crippen LogP contribution in [0.1, 0.15) is 6.42 Å². The van der Waals surface area contributed by atoms with Gasteiger partial charge in [-0.15, -0.1) is 0 Å². The fourth-order valence-electron chi connectivity index (χ4n) is 2.68. The molecule has 2 aliphatic rings. The van der Waals surface area contributed by atoms with E-state index in [1.807, 2.05) is 6.20 Å². The van der Waals surface area contributed by atoms with Gasteiger partial charge in [0.15, 0.2) is 0 Å². The molecule has 0 bridgehead atoms. The smallest absolute Gasteiger partial charge is 0.128 e. The Bertz CT molecular complexity index is 384. The number of rotatable bonds is 2. The van der Waals surface area contributed by atoms with Gasteiger partial charge >= 0.3 is 0 Å². The summed E-state index contributed by atoms with van der Waals surface area (Å²) in [7, 11) is 0. The Morgan fingerprint density at radius 1 is 1.22 bits per heavy atom. The zero-order valence-corrected chi connectivity index (χ0v) is 12.0. The molecular formula is C13H18BrN3O. The van der Waals surface area contributed by atoms with Crippen LogP contribution in [0.2, 0.25) is 0 Å². The number of hydrogen-bond acceptors (Lipinski definition) is 4. The Balaban J connectivity index is 1.57. The monoisotopic (exact) mass is 311 g/mol. The van der Waals surface area contributed by atoms with Gasteiger partial charge in [0.05, 0.1) is 6.61 Å². The lowest BCUT2D eigenvalue weighted by Crippen LogP contribution is -2.50. The molecule has 2 aliphatic heterocycles. The minimum Gasteiger partial charge on any atom is -0.380 e. The summed E-state index contributed by atoms with van der Waals surface area (Å²) in [6.45, 7) is 6.20. The molecule has 0 radical (unpaired) electrons. The van der Waals surface area contributed by atoms with E-state index in [2.05, 4.69) is 42.8 Å². The fourth-order valence-corrected chi connectivity index (χ4v) is 2.92. The number of aromatic nitrogens is 1. The Morgan fingerprint density at radius 2 is 2.06 bits per heavy atom. The molecule has 3 rings (SSSR count). The van der Waals surface area contributed by atoms with Crippen molar-refractivity contribution < 1.29 is 4.74 Å². The number of hydrogen-bond donors (Lipinski definition) is 0. The second-order valence-corrected chi connectivity index (χ2v) is 5.79. The average molecular weight is 312 g/mol. The molecule has 0 aliphatic carbocycles. The highest BCUT2D eigenvalue weighted by atomic mass is 79.9. The summed E-state index contributed by atoms with van der Waals surface area (Å²) in [6, 6.07) is 4.78. The van der Waals surface area contributed by atoms with Crippen LogP contribution in [0, 0.1) is 0 Å². The molecule has 2 saturated heterocycles. The van der Waals surface area contributed by atoms with Gasteiger partial charge in [0.2, 0.25) is 0 Å². The SMILES string of the molecule is Brc1ccc(N2CCN(C3CCOC3)CC2)nc1. The lowest BCUT2D eigenvalue weighted by atomic mass is 10.2. The van der Waals surface area contributed by atoms with Crippen molar-refractivity contribution in [2.75, 3.05) is 44.3 Å². The zero-order valence-electron chi connectivity index (χ0n) is 10.4. The maximum atomic E-state index is 5.46. The Kier molecular flexibility index (Phi) is 3.82. The van der Waals surface area contributed by atoms with Gasteiger partial charge in [-0.2, -0.15) is 0 Å². The van der Waals surface area contributed by atoms with E-state index in [0.717, 1.165) is 49.7 Å². The van der Waals surface area contributed by atoms with Crippen molar-refractivity contribution in [3.63, 3.8) is 0 Å². The maximum Gasteiger partial charge on any atom is 0.128 e. The van der Waals surface area contributed by atoms with Crippen molar-refractivity contribution in [1.82, 2.24) is 9.88 Å². The molecule has 0 spiro atoms. The van der Waals surface area contributed by atoms with Gasteiger partial charge in [0, 0.05) is 49.5 Å². The van der Waals surface area contributed by atoms with Crippen molar-refractivity contribution in [3.05, 3.63) is 22.8 Å². The molecule has 1 unspecified atom stereocenters. The summed E-state index contributed by atoms with van der Waals surface area (Å²) >= 11 is 3.42. The molecule has 0 amide bonds. The highest BCUT2D eigenvalue weighted by Crippen LogP contribution is 2.19. The molecule has 18 heavy (non-hydrogen) atoms. The number of nitrogens with zero attached hydrogens (tertiary/aromatic N) is 3. The van der Waals surface area contributed by atoms with Crippen LogP contribution in [0.3, 0.4) is 0 Å². The number of pyridine rings is 1. The standard InChI is InChI=1S/C13H18BrN3O/c14-11-1-2-13(15-9-11)17-6-4-16(5-7-17)12-3-8-18-10-12/h1-2,9,12H,3-8,10H2. The van der Waals surface area contributed by atoms with Crippen LogP contribution >= 0.6 is 15.9 Å². The van der Waals surface area contributed by atoms with Crippen LogP contribution in [0.5, 0.6) is 0 Å². The molecule has 0 N–H and O–H groups in total. The van der Waals surface area contributed by atoms with E-state index in [-0.39, 0.29) is 0 Å². The summed E-state index contributed by atoms with van der Waals surface area (Å²) in [5, 5.41) is 0.